The van der Waals surface area contributed by atoms with Crippen molar-refractivity contribution < 1.29 is 28.6 Å². The summed E-state index contributed by atoms with van der Waals surface area (Å²) >= 11 is 0. The third-order valence-electron chi connectivity index (χ3n) is 11.6. The molecule has 0 aromatic heterocycles. The van der Waals surface area contributed by atoms with Gasteiger partial charge in [-0.1, -0.05) is 217 Å². The summed E-state index contributed by atoms with van der Waals surface area (Å²) in [7, 11) is 0. The highest BCUT2D eigenvalue weighted by Crippen LogP contribution is 2.15. The van der Waals surface area contributed by atoms with Crippen molar-refractivity contribution in [3.8, 4) is 0 Å². The Labute approximate surface area is 384 Å². The summed E-state index contributed by atoms with van der Waals surface area (Å²) in [5.74, 6) is -0.892. The van der Waals surface area contributed by atoms with Crippen molar-refractivity contribution in [1.29, 1.82) is 0 Å². The highest BCUT2D eigenvalue weighted by atomic mass is 16.6. The summed E-state index contributed by atoms with van der Waals surface area (Å²) < 4.78 is 16.7. The van der Waals surface area contributed by atoms with Gasteiger partial charge in [0, 0.05) is 19.3 Å². The Morgan fingerprint density at radius 3 is 0.935 bits per heavy atom. The number of carbonyl (C=O) groups is 3. The molecule has 0 aliphatic rings. The van der Waals surface area contributed by atoms with Crippen LogP contribution in [0.5, 0.6) is 0 Å². The zero-order valence-corrected chi connectivity index (χ0v) is 41.1. The minimum absolute atomic E-state index is 0.0773. The lowest BCUT2D eigenvalue weighted by molar-refractivity contribution is -0.167. The van der Waals surface area contributed by atoms with Crippen LogP contribution >= 0.6 is 0 Å². The van der Waals surface area contributed by atoms with Crippen LogP contribution in [0.2, 0.25) is 0 Å². The van der Waals surface area contributed by atoms with Crippen LogP contribution < -0.4 is 0 Å². The quantitative estimate of drug-likeness (QED) is 0.0262. The normalized spacial score (nSPS) is 12.4. The van der Waals surface area contributed by atoms with Gasteiger partial charge in [-0.05, 0) is 83.5 Å². The van der Waals surface area contributed by atoms with Crippen molar-refractivity contribution >= 4 is 17.9 Å². The van der Waals surface area contributed by atoms with Gasteiger partial charge in [0.15, 0.2) is 6.10 Å². The molecular formula is C56H100O6. The lowest BCUT2D eigenvalue weighted by Crippen LogP contribution is -2.30. The van der Waals surface area contributed by atoms with Crippen LogP contribution in [0.25, 0.3) is 0 Å². The summed E-state index contributed by atoms with van der Waals surface area (Å²) in [6.45, 7) is 6.58. The molecule has 0 heterocycles. The monoisotopic (exact) mass is 869 g/mol. The van der Waals surface area contributed by atoms with E-state index in [1.807, 2.05) is 0 Å². The average Bonchev–Trinajstić information content (AvgIpc) is 3.27. The number of hydrogen-bond acceptors (Lipinski definition) is 6. The molecule has 0 spiro atoms. The molecule has 6 heteroatoms. The topological polar surface area (TPSA) is 78.9 Å². The molecule has 0 saturated carbocycles. The van der Waals surface area contributed by atoms with Gasteiger partial charge >= 0.3 is 17.9 Å². The standard InChI is InChI=1S/C56H100O6/c1-4-7-10-13-16-19-21-23-24-25-26-27-28-29-30-31-32-34-35-37-40-43-46-49-55(58)61-52-53(51-60-54(57)48-45-42-39-18-15-12-9-6-3)62-56(59)50-47-44-41-38-36-33-22-20-17-14-11-8-5-2/h20-23,25-26,28-29,53H,4-19,24,27,30-52H2,1-3H3/b22-20-,23-21-,26-25-,29-28-. The van der Waals surface area contributed by atoms with Crippen LogP contribution in [-0.2, 0) is 28.6 Å². The second kappa shape index (κ2) is 51.0. The number of hydrogen-bond donors (Lipinski definition) is 0. The first-order valence-corrected chi connectivity index (χ1v) is 26.6. The van der Waals surface area contributed by atoms with Crippen LogP contribution in [-0.4, -0.2) is 37.2 Å². The van der Waals surface area contributed by atoms with Gasteiger partial charge in [0.1, 0.15) is 13.2 Å². The molecule has 1 unspecified atom stereocenters. The Balaban J connectivity index is 4.23. The van der Waals surface area contributed by atoms with Gasteiger partial charge in [-0.2, -0.15) is 0 Å². The van der Waals surface area contributed by atoms with Crippen molar-refractivity contribution in [1.82, 2.24) is 0 Å². The van der Waals surface area contributed by atoms with E-state index in [0.717, 1.165) is 89.9 Å². The smallest absolute Gasteiger partial charge is 0.306 e. The molecule has 0 aromatic carbocycles. The van der Waals surface area contributed by atoms with E-state index in [1.165, 1.54) is 141 Å². The fraction of sp³-hybridized carbons (Fsp3) is 0.804. The number of carbonyl (C=O) groups excluding carboxylic acids is 3. The second-order valence-corrected chi connectivity index (χ2v) is 17.8. The maximum atomic E-state index is 12.7. The first-order chi connectivity index (χ1) is 30.5. The van der Waals surface area contributed by atoms with Crippen LogP contribution in [0.1, 0.15) is 271 Å². The summed E-state index contributed by atoms with van der Waals surface area (Å²) in [4.78, 5) is 37.8. The van der Waals surface area contributed by atoms with E-state index in [2.05, 4.69) is 69.4 Å². The SMILES string of the molecule is CCCCCC/C=C\CCCCCCCC(=O)OC(COC(=O)CCCCCCCCCC)COC(=O)CCCCCCCCCC/C=C\C/C=C\C/C=C\CCCCCCC. The highest BCUT2D eigenvalue weighted by molar-refractivity contribution is 5.71. The Bertz CT molecular complexity index is 1090. The summed E-state index contributed by atoms with van der Waals surface area (Å²) in [5, 5.41) is 0. The molecule has 0 radical (unpaired) electrons. The largest absolute Gasteiger partial charge is 0.462 e. The number of rotatable bonds is 48. The molecule has 0 N–H and O–H groups in total. The van der Waals surface area contributed by atoms with E-state index < -0.39 is 6.10 Å². The Kier molecular flexibility index (Phi) is 48.8. The van der Waals surface area contributed by atoms with Crippen LogP contribution in [0.3, 0.4) is 0 Å². The van der Waals surface area contributed by atoms with Gasteiger partial charge in [-0.25, -0.2) is 0 Å². The third kappa shape index (κ3) is 48.4. The first-order valence-electron chi connectivity index (χ1n) is 26.6. The molecule has 0 aliphatic heterocycles. The van der Waals surface area contributed by atoms with E-state index in [-0.39, 0.29) is 31.1 Å². The summed E-state index contributed by atoms with van der Waals surface area (Å²) in [6.07, 6.45) is 61.1. The van der Waals surface area contributed by atoms with Crippen molar-refractivity contribution in [2.24, 2.45) is 0 Å². The number of unbranched alkanes of at least 4 members (excludes halogenated alkanes) is 29. The van der Waals surface area contributed by atoms with Crippen LogP contribution in [0.4, 0.5) is 0 Å². The molecule has 0 rings (SSSR count). The predicted molar refractivity (Wildman–Crippen MR) is 265 cm³/mol. The molecule has 6 nitrogen and oxygen atoms in total. The van der Waals surface area contributed by atoms with Gasteiger partial charge in [0.25, 0.3) is 0 Å². The highest BCUT2D eigenvalue weighted by Gasteiger charge is 2.19. The third-order valence-corrected chi connectivity index (χ3v) is 11.6. The molecule has 360 valence electrons. The van der Waals surface area contributed by atoms with Gasteiger partial charge in [-0.15, -0.1) is 0 Å². The number of ether oxygens (including phenoxy) is 3. The van der Waals surface area contributed by atoms with E-state index in [0.29, 0.717) is 19.3 Å². The Hall–Kier alpha value is -2.63. The fourth-order valence-corrected chi connectivity index (χ4v) is 7.50. The zero-order valence-electron chi connectivity index (χ0n) is 41.1. The predicted octanol–water partition coefficient (Wildman–Crippen LogP) is 17.5. The average molecular weight is 869 g/mol. The Morgan fingerprint density at radius 1 is 0.323 bits per heavy atom. The molecule has 0 fully saturated rings. The van der Waals surface area contributed by atoms with Gasteiger partial charge in [-0.3, -0.25) is 14.4 Å². The maximum Gasteiger partial charge on any atom is 0.306 e. The fourth-order valence-electron chi connectivity index (χ4n) is 7.50. The zero-order chi connectivity index (χ0) is 45.1. The van der Waals surface area contributed by atoms with E-state index >= 15 is 0 Å². The second-order valence-electron chi connectivity index (χ2n) is 17.8. The van der Waals surface area contributed by atoms with Gasteiger partial charge in [0.2, 0.25) is 0 Å². The lowest BCUT2D eigenvalue weighted by atomic mass is 10.1. The van der Waals surface area contributed by atoms with Crippen molar-refractivity contribution in [2.75, 3.05) is 13.2 Å². The molecule has 1 atom stereocenters. The van der Waals surface area contributed by atoms with Gasteiger partial charge < -0.3 is 14.2 Å². The lowest BCUT2D eigenvalue weighted by Gasteiger charge is -2.18. The number of esters is 3. The first kappa shape index (κ1) is 59.4. The van der Waals surface area contributed by atoms with Crippen molar-refractivity contribution in [3.05, 3.63) is 48.6 Å². The molecule has 0 amide bonds. The van der Waals surface area contributed by atoms with Crippen LogP contribution in [0.15, 0.2) is 48.6 Å². The molecular weight excluding hydrogens is 769 g/mol. The van der Waals surface area contributed by atoms with Crippen molar-refractivity contribution in [3.63, 3.8) is 0 Å². The van der Waals surface area contributed by atoms with E-state index in [4.69, 9.17) is 14.2 Å². The Morgan fingerprint density at radius 2 is 0.581 bits per heavy atom. The molecule has 62 heavy (non-hydrogen) atoms. The number of allylic oxidation sites excluding steroid dienone is 8. The molecule has 0 aromatic rings. The molecule has 0 saturated heterocycles. The maximum absolute atomic E-state index is 12.7. The summed E-state index contributed by atoms with van der Waals surface area (Å²) in [5.41, 5.74) is 0. The molecule has 0 bridgehead atoms. The minimum Gasteiger partial charge on any atom is -0.462 e. The van der Waals surface area contributed by atoms with Crippen LogP contribution in [0, 0.1) is 0 Å². The minimum atomic E-state index is -0.776. The molecule has 0 aliphatic carbocycles. The summed E-state index contributed by atoms with van der Waals surface area (Å²) in [6, 6.07) is 0. The van der Waals surface area contributed by atoms with Crippen molar-refractivity contribution in [2.45, 2.75) is 277 Å². The van der Waals surface area contributed by atoms with E-state index in [1.54, 1.807) is 0 Å². The van der Waals surface area contributed by atoms with E-state index in [9.17, 15) is 14.4 Å². The van der Waals surface area contributed by atoms with Gasteiger partial charge in [0.05, 0.1) is 0 Å².